The third-order valence-electron chi connectivity index (χ3n) is 3.29. The van der Waals surface area contributed by atoms with E-state index in [0.717, 1.165) is 44.1 Å². The number of anilines is 2. The zero-order valence-electron chi connectivity index (χ0n) is 10.2. The summed E-state index contributed by atoms with van der Waals surface area (Å²) in [6, 6.07) is 0. The molecule has 18 heavy (non-hydrogen) atoms. The lowest BCUT2D eigenvalue weighted by Gasteiger charge is -2.22. The smallest absolute Gasteiger partial charge is 0.180 e. The standard InChI is InChI=1S/C12H17N5O/c13-10-8-17-4-3-14-12(17)11(16-10)15-7-9-1-5-18-6-2-9/h3-4,8-9H,1-2,5-7,13H2,(H,15,16). The number of fused-ring (bicyclic) bond motifs is 1. The highest BCUT2D eigenvalue weighted by Crippen LogP contribution is 2.18. The van der Waals surface area contributed by atoms with Crippen LogP contribution in [-0.4, -0.2) is 34.1 Å². The van der Waals surface area contributed by atoms with Gasteiger partial charge in [-0.2, -0.15) is 0 Å². The number of hydrogen-bond donors (Lipinski definition) is 2. The molecule has 0 unspecified atom stereocenters. The Morgan fingerprint density at radius 2 is 2.28 bits per heavy atom. The van der Waals surface area contributed by atoms with Gasteiger partial charge in [0.2, 0.25) is 0 Å². The van der Waals surface area contributed by atoms with E-state index in [4.69, 9.17) is 10.5 Å². The molecule has 0 bridgehead atoms. The molecule has 0 aromatic carbocycles. The molecule has 1 fully saturated rings. The van der Waals surface area contributed by atoms with Gasteiger partial charge < -0.3 is 20.2 Å². The van der Waals surface area contributed by atoms with Crippen LogP contribution in [0.25, 0.3) is 5.65 Å². The number of imidazole rings is 1. The van der Waals surface area contributed by atoms with E-state index in [0.29, 0.717) is 11.7 Å². The first kappa shape index (κ1) is 11.3. The lowest BCUT2D eigenvalue weighted by atomic mass is 10.0. The van der Waals surface area contributed by atoms with Crippen molar-refractivity contribution in [1.29, 1.82) is 0 Å². The second-order valence-electron chi connectivity index (χ2n) is 4.61. The van der Waals surface area contributed by atoms with E-state index in [2.05, 4.69) is 15.3 Å². The summed E-state index contributed by atoms with van der Waals surface area (Å²) in [5.41, 5.74) is 6.59. The Kier molecular flexibility index (Phi) is 3.02. The van der Waals surface area contributed by atoms with Gasteiger partial charge in [-0.1, -0.05) is 0 Å². The Morgan fingerprint density at radius 1 is 1.44 bits per heavy atom. The van der Waals surface area contributed by atoms with Crippen LogP contribution < -0.4 is 11.1 Å². The molecule has 96 valence electrons. The quantitative estimate of drug-likeness (QED) is 0.850. The number of hydrogen-bond acceptors (Lipinski definition) is 5. The van der Waals surface area contributed by atoms with Crippen LogP contribution in [0.4, 0.5) is 11.6 Å². The fraction of sp³-hybridized carbons (Fsp3) is 0.500. The first-order chi connectivity index (χ1) is 8.83. The van der Waals surface area contributed by atoms with E-state index in [-0.39, 0.29) is 0 Å². The van der Waals surface area contributed by atoms with Crippen LogP contribution in [0, 0.1) is 5.92 Å². The minimum atomic E-state index is 0.495. The fourth-order valence-corrected chi connectivity index (χ4v) is 2.26. The molecule has 1 aliphatic heterocycles. The van der Waals surface area contributed by atoms with Crippen LogP contribution in [-0.2, 0) is 4.74 Å². The van der Waals surface area contributed by atoms with E-state index in [1.807, 2.05) is 10.6 Å². The summed E-state index contributed by atoms with van der Waals surface area (Å²) < 4.78 is 7.23. The third-order valence-corrected chi connectivity index (χ3v) is 3.29. The Bertz CT molecular complexity index is 532. The lowest BCUT2D eigenvalue weighted by Crippen LogP contribution is -2.23. The van der Waals surface area contributed by atoms with Crippen molar-refractivity contribution in [3.05, 3.63) is 18.6 Å². The summed E-state index contributed by atoms with van der Waals surface area (Å²) in [5, 5.41) is 3.35. The topological polar surface area (TPSA) is 77.5 Å². The second-order valence-corrected chi connectivity index (χ2v) is 4.61. The van der Waals surface area contributed by atoms with E-state index in [1.165, 1.54) is 0 Å². The first-order valence-electron chi connectivity index (χ1n) is 6.24. The van der Waals surface area contributed by atoms with Crippen molar-refractivity contribution < 1.29 is 4.74 Å². The Morgan fingerprint density at radius 3 is 3.11 bits per heavy atom. The average molecular weight is 247 g/mol. The van der Waals surface area contributed by atoms with Crippen LogP contribution in [0.15, 0.2) is 18.6 Å². The van der Waals surface area contributed by atoms with Gasteiger partial charge in [-0.15, -0.1) is 0 Å². The molecule has 3 N–H and O–H groups in total. The lowest BCUT2D eigenvalue weighted by molar-refractivity contribution is 0.0699. The van der Waals surface area contributed by atoms with Gasteiger partial charge in [0, 0.05) is 32.2 Å². The van der Waals surface area contributed by atoms with Crippen molar-refractivity contribution in [3.63, 3.8) is 0 Å². The van der Waals surface area contributed by atoms with Gasteiger partial charge in [-0.3, -0.25) is 0 Å². The highest BCUT2D eigenvalue weighted by Gasteiger charge is 2.14. The van der Waals surface area contributed by atoms with Gasteiger partial charge in [-0.05, 0) is 18.8 Å². The number of ether oxygens (including phenoxy) is 1. The average Bonchev–Trinajstić information content (AvgIpc) is 2.85. The molecule has 0 amide bonds. The molecular formula is C12H17N5O. The van der Waals surface area contributed by atoms with Gasteiger partial charge in [0.25, 0.3) is 0 Å². The fourth-order valence-electron chi connectivity index (χ4n) is 2.26. The summed E-state index contributed by atoms with van der Waals surface area (Å²) in [4.78, 5) is 8.59. The van der Waals surface area contributed by atoms with E-state index < -0.39 is 0 Å². The second kappa shape index (κ2) is 4.81. The Labute approximate surface area is 105 Å². The number of nitrogens with two attached hydrogens (primary N) is 1. The third kappa shape index (κ3) is 2.24. The maximum Gasteiger partial charge on any atom is 0.180 e. The largest absolute Gasteiger partial charge is 0.382 e. The molecule has 1 saturated heterocycles. The van der Waals surface area contributed by atoms with Crippen molar-refractivity contribution in [2.75, 3.05) is 30.8 Å². The predicted molar refractivity (Wildman–Crippen MR) is 69.4 cm³/mol. The van der Waals surface area contributed by atoms with Gasteiger partial charge in [-0.25, -0.2) is 9.97 Å². The van der Waals surface area contributed by atoms with Crippen LogP contribution in [0.3, 0.4) is 0 Å². The van der Waals surface area contributed by atoms with Gasteiger partial charge in [0.15, 0.2) is 11.5 Å². The minimum absolute atomic E-state index is 0.495. The SMILES string of the molecule is Nc1cn2ccnc2c(NCC2CCOCC2)n1. The molecule has 0 spiro atoms. The highest BCUT2D eigenvalue weighted by atomic mass is 16.5. The molecule has 2 aromatic rings. The monoisotopic (exact) mass is 247 g/mol. The molecule has 1 aliphatic rings. The summed E-state index contributed by atoms with van der Waals surface area (Å²) in [6.45, 7) is 2.60. The predicted octanol–water partition coefficient (Wildman–Crippen LogP) is 1.15. The number of rotatable bonds is 3. The minimum Gasteiger partial charge on any atom is -0.382 e. The molecule has 0 radical (unpaired) electrons. The van der Waals surface area contributed by atoms with E-state index in [1.54, 1.807) is 12.4 Å². The van der Waals surface area contributed by atoms with Crippen molar-refractivity contribution in [2.24, 2.45) is 5.92 Å². The van der Waals surface area contributed by atoms with Gasteiger partial charge in [0.1, 0.15) is 5.82 Å². The summed E-state index contributed by atoms with van der Waals surface area (Å²) >= 11 is 0. The van der Waals surface area contributed by atoms with Crippen molar-refractivity contribution in [2.45, 2.75) is 12.8 Å². The van der Waals surface area contributed by atoms with Gasteiger partial charge in [0.05, 0.1) is 6.20 Å². The molecule has 0 aliphatic carbocycles. The van der Waals surface area contributed by atoms with E-state index >= 15 is 0 Å². The summed E-state index contributed by atoms with van der Waals surface area (Å²) in [6.07, 6.45) is 7.57. The maximum atomic E-state index is 5.77. The zero-order valence-corrected chi connectivity index (χ0v) is 10.2. The van der Waals surface area contributed by atoms with E-state index in [9.17, 15) is 0 Å². The normalized spacial score (nSPS) is 17.1. The van der Waals surface area contributed by atoms with Crippen molar-refractivity contribution >= 4 is 17.3 Å². The number of nitrogens with one attached hydrogen (secondary N) is 1. The molecule has 0 atom stereocenters. The molecule has 6 nitrogen and oxygen atoms in total. The number of nitrogens with zero attached hydrogens (tertiary/aromatic N) is 3. The number of nitrogen functional groups attached to an aromatic ring is 1. The molecule has 0 saturated carbocycles. The molecule has 3 rings (SSSR count). The van der Waals surface area contributed by atoms with Gasteiger partial charge >= 0.3 is 0 Å². The zero-order chi connectivity index (χ0) is 12.4. The Hall–Kier alpha value is -1.82. The van der Waals surface area contributed by atoms with Crippen molar-refractivity contribution in [3.8, 4) is 0 Å². The molecular weight excluding hydrogens is 230 g/mol. The molecule has 6 heteroatoms. The van der Waals surface area contributed by atoms with Crippen LogP contribution in [0.1, 0.15) is 12.8 Å². The van der Waals surface area contributed by atoms with Crippen LogP contribution in [0.5, 0.6) is 0 Å². The highest BCUT2D eigenvalue weighted by molar-refractivity contribution is 5.64. The summed E-state index contributed by atoms with van der Waals surface area (Å²) in [7, 11) is 0. The van der Waals surface area contributed by atoms with Crippen LogP contribution in [0.2, 0.25) is 0 Å². The summed E-state index contributed by atoms with van der Waals surface area (Å²) in [5.74, 6) is 1.89. The number of aromatic nitrogens is 3. The first-order valence-corrected chi connectivity index (χ1v) is 6.24. The van der Waals surface area contributed by atoms with Crippen molar-refractivity contribution in [1.82, 2.24) is 14.4 Å². The molecule has 2 aromatic heterocycles. The molecule has 3 heterocycles. The maximum absolute atomic E-state index is 5.77. The van der Waals surface area contributed by atoms with Crippen LogP contribution >= 0.6 is 0 Å². The Balaban J connectivity index is 1.75.